The van der Waals surface area contributed by atoms with Gasteiger partial charge in [-0.05, 0) is 19.1 Å². The molecule has 1 aromatic rings. The maximum atomic E-state index is 11.2. The van der Waals surface area contributed by atoms with Gasteiger partial charge in [0.15, 0.2) is 5.78 Å². The van der Waals surface area contributed by atoms with Gasteiger partial charge in [-0.25, -0.2) is 4.79 Å². The third-order valence-electron chi connectivity index (χ3n) is 1.90. The summed E-state index contributed by atoms with van der Waals surface area (Å²) in [6.45, 7) is 1.38. The second-order valence-electron chi connectivity index (χ2n) is 2.83. The van der Waals surface area contributed by atoms with Crippen molar-refractivity contribution in [2.75, 3.05) is 0 Å². The highest BCUT2D eigenvalue weighted by Gasteiger charge is 2.34. The number of carbonyl (C=O) groups excluding carboxylic acids is 2. The molecule has 4 heteroatoms. The number of cyclic esters (lactones) is 1. The van der Waals surface area contributed by atoms with E-state index < -0.39 is 12.1 Å². The number of nitrogens with zero attached hydrogens (tertiary/aromatic N) is 1. The molecule has 0 amide bonds. The van der Waals surface area contributed by atoms with E-state index in [-0.39, 0.29) is 5.78 Å². The van der Waals surface area contributed by atoms with E-state index in [2.05, 4.69) is 4.98 Å². The van der Waals surface area contributed by atoms with Gasteiger partial charge in [0.05, 0.1) is 5.56 Å². The molecule has 0 spiro atoms. The van der Waals surface area contributed by atoms with Gasteiger partial charge in [-0.1, -0.05) is 0 Å². The summed E-state index contributed by atoms with van der Waals surface area (Å²) in [7, 11) is 0. The van der Waals surface area contributed by atoms with Gasteiger partial charge in [0.25, 0.3) is 0 Å². The topological polar surface area (TPSA) is 56.3 Å². The Morgan fingerprint density at radius 2 is 2.38 bits per heavy atom. The lowest BCUT2D eigenvalue weighted by molar-refractivity contribution is -0.125. The van der Waals surface area contributed by atoms with E-state index in [1.807, 2.05) is 0 Å². The van der Waals surface area contributed by atoms with Crippen molar-refractivity contribution in [1.29, 1.82) is 0 Å². The largest absolute Gasteiger partial charge is 0.444 e. The third kappa shape index (κ3) is 1.11. The molecule has 1 aromatic heterocycles. The first-order valence-electron chi connectivity index (χ1n) is 3.86. The van der Waals surface area contributed by atoms with Gasteiger partial charge in [0.1, 0.15) is 5.69 Å². The molecule has 0 aromatic carbocycles. The number of hydrogen-bond acceptors (Lipinski definition) is 4. The minimum Gasteiger partial charge on any atom is -0.444 e. The third-order valence-corrected chi connectivity index (χ3v) is 1.90. The highest BCUT2D eigenvalue weighted by molar-refractivity contribution is 5.98. The van der Waals surface area contributed by atoms with E-state index in [0.717, 1.165) is 0 Å². The molecule has 2 rings (SSSR count). The molecule has 0 aliphatic carbocycles. The molecule has 1 unspecified atom stereocenters. The van der Waals surface area contributed by atoms with Crippen molar-refractivity contribution in [3.63, 3.8) is 0 Å². The predicted molar refractivity (Wildman–Crippen MR) is 43.1 cm³/mol. The summed E-state index contributed by atoms with van der Waals surface area (Å²) in [5.74, 6) is -0.672. The van der Waals surface area contributed by atoms with E-state index in [0.29, 0.717) is 11.3 Å². The van der Waals surface area contributed by atoms with E-state index >= 15 is 0 Å². The molecular formula is C9H7NO3. The van der Waals surface area contributed by atoms with E-state index in [9.17, 15) is 9.59 Å². The molecule has 0 bridgehead atoms. The van der Waals surface area contributed by atoms with Gasteiger partial charge in [0, 0.05) is 6.20 Å². The molecular weight excluding hydrogens is 170 g/mol. The Morgan fingerprint density at radius 1 is 1.62 bits per heavy atom. The van der Waals surface area contributed by atoms with Crippen molar-refractivity contribution < 1.29 is 14.3 Å². The van der Waals surface area contributed by atoms with Crippen molar-refractivity contribution >= 4 is 11.8 Å². The summed E-state index contributed by atoms with van der Waals surface area (Å²) in [5, 5.41) is 0. The van der Waals surface area contributed by atoms with Gasteiger partial charge in [-0.15, -0.1) is 0 Å². The highest BCUT2D eigenvalue weighted by atomic mass is 16.6. The van der Waals surface area contributed by atoms with Gasteiger partial charge in [-0.2, -0.15) is 0 Å². The number of ether oxygens (including phenoxy) is 1. The number of fused-ring (bicyclic) bond motifs is 1. The molecule has 13 heavy (non-hydrogen) atoms. The first-order valence-corrected chi connectivity index (χ1v) is 3.86. The number of aromatic nitrogens is 1. The number of esters is 1. The van der Waals surface area contributed by atoms with E-state index in [1.165, 1.54) is 13.1 Å². The smallest absolute Gasteiger partial charge is 0.341 e. The van der Waals surface area contributed by atoms with Crippen LogP contribution >= 0.6 is 0 Å². The quantitative estimate of drug-likeness (QED) is 0.597. The van der Waals surface area contributed by atoms with Gasteiger partial charge < -0.3 is 4.74 Å². The molecule has 0 saturated carbocycles. The zero-order valence-corrected chi connectivity index (χ0v) is 6.98. The molecule has 2 heterocycles. The van der Waals surface area contributed by atoms with Crippen molar-refractivity contribution in [3.05, 3.63) is 29.6 Å². The van der Waals surface area contributed by atoms with Crippen LogP contribution in [0.3, 0.4) is 0 Å². The summed E-state index contributed by atoms with van der Waals surface area (Å²) >= 11 is 0. The zero-order valence-electron chi connectivity index (χ0n) is 6.98. The van der Waals surface area contributed by atoms with Crippen LogP contribution in [-0.2, 0) is 9.53 Å². The Morgan fingerprint density at radius 3 is 3.08 bits per heavy atom. The average molecular weight is 177 g/mol. The van der Waals surface area contributed by atoms with Crippen LogP contribution in [0.2, 0.25) is 0 Å². The first-order chi connectivity index (χ1) is 6.20. The van der Waals surface area contributed by atoms with Crippen molar-refractivity contribution in [1.82, 2.24) is 4.98 Å². The average Bonchev–Trinajstić information content (AvgIpc) is 2.45. The Hall–Kier alpha value is -1.71. The van der Waals surface area contributed by atoms with Crippen LogP contribution in [0.25, 0.3) is 0 Å². The molecule has 4 nitrogen and oxygen atoms in total. The highest BCUT2D eigenvalue weighted by Crippen LogP contribution is 2.28. The number of pyridine rings is 1. The first kappa shape index (κ1) is 7.91. The number of ketones is 1. The summed E-state index contributed by atoms with van der Waals surface area (Å²) in [6.07, 6.45) is 0.736. The fourth-order valence-electron chi connectivity index (χ4n) is 1.30. The molecule has 0 saturated heterocycles. The van der Waals surface area contributed by atoms with Crippen LogP contribution < -0.4 is 0 Å². The summed E-state index contributed by atoms with van der Waals surface area (Å²) < 4.78 is 4.84. The molecule has 0 fully saturated rings. The van der Waals surface area contributed by atoms with Gasteiger partial charge in [0.2, 0.25) is 6.10 Å². The number of carbonyl (C=O) groups is 2. The van der Waals surface area contributed by atoms with Gasteiger partial charge >= 0.3 is 5.97 Å². The van der Waals surface area contributed by atoms with Gasteiger partial charge in [-0.3, -0.25) is 9.78 Å². The number of rotatable bonds is 1. The Balaban J connectivity index is 2.53. The van der Waals surface area contributed by atoms with E-state index in [4.69, 9.17) is 4.74 Å². The van der Waals surface area contributed by atoms with Crippen LogP contribution in [0.4, 0.5) is 0 Å². The standard InChI is InChI=1S/C9H7NO3/c1-5(11)8-7-6(9(12)13-8)3-2-4-10-7/h2-4,8H,1H3. The van der Waals surface area contributed by atoms with Crippen molar-refractivity contribution in [2.24, 2.45) is 0 Å². The Labute approximate surface area is 74.5 Å². The number of hydrogen-bond donors (Lipinski definition) is 0. The minimum absolute atomic E-state index is 0.203. The zero-order chi connectivity index (χ0) is 9.42. The van der Waals surface area contributed by atoms with Crippen LogP contribution in [-0.4, -0.2) is 16.7 Å². The Kier molecular flexibility index (Phi) is 1.62. The second-order valence-corrected chi connectivity index (χ2v) is 2.83. The van der Waals surface area contributed by atoms with Crippen LogP contribution in [0, 0.1) is 0 Å². The van der Waals surface area contributed by atoms with Crippen molar-refractivity contribution in [2.45, 2.75) is 13.0 Å². The second kappa shape index (κ2) is 2.65. The molecule has 1 aliphatic heterocycles. The normalized spacial score (nSPS) is 19.5. The molecule has 1 atom stereocenters. The minimum atomic E-state index is -0.802. The molecule has 1 aliphatic rings. The lowest BCUT2D eigenvalue weighted by Gasteiger charge is -2.03. The summed E-state index contributed by atoms with van der Waals surface area (Å²) in [4.78, 5) is 26.1. The van der Waals surface area contributed by atoms with Crippen molar-refractivity contribution in [3.8, 4) is 0 Å². The molecule has 0 radical (unpaired) electrons. The fourth-order valence-corrected chi connectivity index (χ4v) is 1.30. The summed E-state index contributed by atoms with van der Waals surface area (Å²) in [5.41, 5.74) is 0.822. The Bertz CT molecular complexity index is 386. The van der Waals surface area contributed by atoms with Crippen LogP contribution in [0.1, 0.15) is 29.1 Å². The SMILES string of the molecule is CC(=O)C1OC(=O)c2cccnc21. The van der Waals surface area contributed by atoms with E-state index in [1.54, 1.807) is 12.1 Å². The fraction of sp³-hybridized carbons (Fsp3) is 0.222. The van der Waals surface area contributed by atoms with Crippen LogP contribution in [0.5, 0.6) is 0 Å². The molecule has 66 valence electrons. The molecule has 0 N–H and O–H groups in total. The van der Waals surface area contributed by atoms with Crippen LogP contribution in [0.15, 0.2) is 18.3 Å². The lowest BCUT2D eigenvalue weighted by Crippen LogP contribution is -2.08. The lowest BCUT2D eigenvalue weighted by atomic mass is 10.1. The maximum Gasteiger partial charge on any atom is 0.341 e. The maximum absolute atomic E-state index is 11.2. The number of Topliss-reactive ketones (excluding diaryl/α,β-unsaturated/α-hetero) is 1. The monoisotopic (exact) mass is 177 g/mol. The predicted octanol–water partition coefficient (Wildman–Crippen LogP) is 0.882. The summed E-state index contributed by atoms with van der Waals surface area (Å²) in [6, 6.07) is 3.25.